The molecule has 0 aliphatic heterocycles. The molecule has 0 bridgehead atoms. The fraction of sp³-hybridized carbons (Fsp3) is 0.500. The molecule has 1 aromatic rings. The lowest BCUT2D eigenvalue weighted by atomic mass is 9.88. The maximum Gasteiger partial charge on any atom is 0.235 e. The second-order valence-electron chi connectivity index (χ2n) is 5.00. The third-order valence-electron chi connectivity index (χ3n) is 3.66. The van der Waals surface area contributed by atoms with Gasteiger partial charge in [0.1, 0.15) is 0 Å². The summed E-state index contributed by atoms with van der Waals surface area (Å²) in [7, 11) is 4.02. The Balaban J connectivity index is 2.49. The maximum absolute atomic E-state index is 10.7. The molecule has 0 aromatic heterocycles. The number of benzene rings is 1. The highest BCUT2D eigenvalue weighted by Crippen LogP contribution is 2.43. The number of anilines is 1. The molecule has 1 aliphatic carbocycles. The van der Waals surface area contributed by atoms with E-state index in [9.17, 15) is 4.79 Å². The lowest BCUT2D eigenvalue weighted by Crippen LogP contribution is -2.20. The van der Waals surface area contributed by atoms with Crippen LogP contribution in [0.3, 0.4) is 0 Å². The molecule has 0 radical (unpaired) electrons. The van der Waals surface area contributed by atoms with Crippen molar-refractivity contribution in [2.75, 3.05) is 19.0 Å². The van der Waals surface area contributed by atoms with Crippen molar-refractivity contribution in [3.05, 3.63) is 28.2 Å². The molecule has 0 amide bonds. The normalized spacial score (nSPS) is 17.3. The zero-order valence-corrected chi connectivity index (χ0v) is 12.3. The van der Waals surface area contributed by atoms with Crippen molar-refractivity contribution in [2.45, 2.75) is 31.2 Å². The summed E-state index contributed by atoms with van der Waals surface area (Å²) in [6, 6.07) is 6.21. The fourth-order valence-electron chi connectivity index (χ4n) is 2.66. The number of isocyanates is 1. The van der Waals surface area contributed by atoms with Crippen LogP contribution < -0.4 is 4.90 Å². The summed E-state index contributed by atoms with van der Waals surface area (Å²) in [5.41, 5.74) is 1.89. The van der Waals surface area contributed by atoms with E-state index in [1.165, 1.54) is 0 Å². The van der Waals surface area contributed by atoms with Crippen molar-refractivity contribution < 1.29 is 4.79 Å². The summed E-state index contributed by atoms with van der Waals surface area (Å²) in [6.45, 7) is 0. The smallest absolute Gasteiger partial charge is 0.235 e. The third-order valence-corrected chi connectivity index (χ3v) is 4.33. The largest absolute Gasteiger partial charge is 0.377 e. The van der Waals surface area contributed by atoms with Crippen LogP contribution in [0.5, 0.6) is 0 Å². The molecule has 0 spiro atoms. The van der Waals surface area contributed by atoms with Gasteiger partial charge >= 0.3 is 0 Å². The number of hydrogen-bond acceptors (Lipinski definition) is 3. The van der Waals surface area contributed by atoms with Crippen molar-refractivity contribution in [1.29, 1.82) is 0 Å². The number of nitrogens with zero attached hydrogens (tertiary/aromatic N) is 2. The summed E-state index contributed by atoms with van der Waals surface area (Å²) in [4.78, 5) is 16.9. The molecule has 0 N–H and O–H groups in total. The first-order valence-electron chi connectivity index (χ1n) is 6.15. The lowest BCUT2D eigenvalue weighted by Gasteiger charge is -2.25. The van der Waals surface area contributed by atoms with Gasteiger partial charge in [-0.05, 0) is 46.5 Å². The highest BCUT2D eigenvalue weighted by molar-refractivity contribution is 9.10. The number of halogens is 1. The van der Waals surface area contributed by atoms with Crippen LogP contribution in [0.2, 0.25) is 0 Å². The Bertz CT molecular complexity index is 487. The molecule has 1 fully saturated rings. The minimum atomic E-state index is -0.340. The minimum absolute atomic E-state index is 0.340. The average Bonchev–Trinajstić information content (AvgIpc) is 2.79. The number of rotatable bonds is 3. The Kier molecular flexibility index (Phi) is 3.88. The first-order chi connectivity index (χ1) is 8.59. The van der Waals surface area contributed by atoms with E-state index in [2.05, 4.69) is 38.0 Å². The van der Waals surface area contributed by atoms with Crippen molar-refractivity contribution in [2.24, 2.45) is 4.99 Å². The van der Waals surface area contributed by atoms with Gasteiger partial charge in [0, 0.05) is 18.6 Å². The Hall–Kier alpha value is -1.12. The van der Waals surface area contributed by atoms with Gasteiger partial charge in [-0.3, -0.25) is 0 Å². The topological polar surface area (TPSA) is 32.7 Å². The number of hydrogen-bond donors (Lipinski definition) is 0. The number of carbonyl (C=O) groups excluding carboxylic acids is 1. The standard InChI is InChI=1S/C14H17BrN2O/c1-17(2)13-9-11(5-6-12(13)15)14(16-10-18)7-3-4-8-14/h5-6,9H,3-4,7-8H2,1-2H3. The van der Waals surface area contributed by atoms with Crippen LogP contribution in [0.1, 0.15) is 31.2 Å². The van der Waals surface area contributed by atoms with Crippen molar-refractivity contribution in [3.63, 3.8) is 0 Å². The van der Waals surface area contributed by atoms with Crippen molar-refractivity contribution >= 4 is 27.7 Å². The van der Waals surface area contributed by atoms with Crippen LogP contribution in [0.4, 0.5) is 5.69 Å². The monoisotopic (exact) mass is 308 g/mol. The molecular formula is C14H17BrN2O. The fourth-order valence-corrected chi connectivity index (χ4v) is 3.26. The van der Waals surface area contributed by atoms with Crippen LogP contribution in [-0.2, 0) is 10.3 Å². The quantitative estimate of drug-likeness (QED) is 0.631. The van der Waals surface area contributed by atoms with Crippen LogP contribution in [0.15, 0.2) is 27.7 Å². The van der Waals surface area contributed by atoms with Gasteiger partial charge in [0.2, 0.25) is 6.08 Å². The molecule has 0 atom stereocenters. The van der Waals surface area contributed by atoms with E-state index in [1.807, 2.05) is 20.2 Å². The van der Waals surface area contributed by atoms with E-state index in [4.69, 9.17) is 0 Å². The van der Waals surface area contributed by atoms with Gasteiger partial charge in [-0.2, -0.15) is 4.99 Å². The molecule has 1 saturated carbocycles. The van der Waals surface area contributed by atoms with E-state index in [-0.39, 0.29) is 5.54 Å². The molecule has 2 rings (SSSR count). The highest BCUT2D eigenvalue weighted by Gasteiger charge is 2.36. The van der Waals surface area contributed by atoms with E-state index in [0.717, 1.165) is 41.4 Å². The predicted molar refractivity (Wildman–Crippen MR) is 76.7 cm³/mol. The SMILES string of the molecule is CN(C)c1cc(C2(N=C=O)CCCC2)ccc1Br. The first kappa shape index (κ1) is 13.3. The zero-order valence-electron chi connectivity index (χ0n) is 10.7. The molecule has 3 nitrogen and oxygen atoms in total. The second kappa shape index (κ2) is 5.25. The van der Waals surface area contributed by atoms with E-state index in [1.54, 1.807) is 6.08 Å². The summed E-state index contributed by atoms with van der Waals surface area (Å²) in [5, 5.41) is 0. The van der Waals surface area contributed by atoms with E-state index >= 15 is 0 Å². The van der Waals surface area contributed by atoms with Gasteiger partial charge < -0.3 is 4.90 Å². The van der Waals surface area contributed by atoms with E-state index < -0.39 is 0 Å². The summed E-state index contributed by atoms with van der Waals surface area (Å²) in [5.74, 6) is 0. The zero-order chi connectivity index (χ0) is 13.2. The summed E-state index contributed by atoms with van der Waals surface area (Å²) < 4.78 is 1.06. The Morgan fingerprint density at radius 3 is 2.56 bits per heavy atom. The van der Waals surface area contributed by atoms with Gasteiger partial charge in [0.25, 0.3) is 0 Å². The lowest BCUT2D eigenvalue weighted by molar-refractivity contribution is 0.456. The number of aliphatic imine (C=N–C) groups is 1. The Morgan fingerprint density at radius 2 is 2.00 bits per heavy atom. The molecule has 0 heterocycles. The van der Waals surface area contributed by atoms with Crippen LogP contribution in [-0.4, -0.2) is 20.2 Å². The predicted octanol–water partition coefficient (Wildman–Crippen LogP) is 3.62. The molecule has 18 heavy (non-hydrogen) atoms. The Labute approximate surface area is 116 Å². The maximum atomic E-state index is 10.7. The molecule has 0 saturated heterocycles. The molecule has 1 aromatic carbocycles. The highest BCUT2D eigenvalue weighted by atomic mass is 79.9. The van der Waals surface area contributed by atoms with Crippen molar-refractivity contribution in [1.82, 2.24) is 0 Å². The Morgan fingerprint density at radius 1 is 1.33 bits per heavy atom. The molecule has 4 heteroatoms. The molecular weight excluding hydrogens is 292 g/mol. The van der Waals surface area contributed by atoms with Crippen LogP contribution >= 0.6 is 15.9 Å². The third kappa shape index (κ3) is 2.36. The first-order valence-corrected chi connectivity index (χ1v) is 6.95. The molecule has 96 valence electrons. The van der Waals surface area contributed by atoms with Crippen molar-refractivity contribution in [3.8, 4) is 0 Å². The average molecular weight is 309 g/mol. The summed E-state index contributed by atoms with van der Waals surface area (Å²) in [6.07, 6.45) is 5.89. The van der Waals surface area contributed by atoms with Gasteiger partial charge in [-0.25, -0.2) is 4.79 Å². The van der Waals surface area contributed by atoms with Gasteiger partial charge in [-0.1, -0.05) is 18.9 Å². The van der Waals surface area contributed by atoms with Gasteiger partial charge in [-0.15, -0.1) is 0 Å². The van der Waals surface area contributed by atoms with Gasteiger partial charge in [0.15, 0.2) is 0 Å². The summed E-state index contributed by atoms with van der Waals surface area (Å²) >= 11 is 3.55. The minimum Gasteiger partial charge on any atom is -0.377 e. The molecule has 0 unspecified atom stereocenters. The van der Waals surface area contributed by atoms with Crippen LogP contribution in [0.25, 0.3) is 0 Å². The van der Waals surface area contributed by atoms with E-state index in [0.29, 0.717) is 0 Å². The second-order valence-corrected chi connectivity index (χ2v) is 5.86. The molecule has 1 aliphatic rings. The van der Waals surface area contributed by atoms with Crippen LogP contribution in [0, 0.1) is 0 Å². The van der Waals surface area contributed by atoms with Gasteiger partial charge in [0.05, 0.1) is 11.2 Å².